The lowest BCUT2D eigenvalue weighted by atomic mass is 10.1. The highest BCUT2D eigenvalue weighted by atomic mass is 32.1. The molecule has 1 atom stereocenters. The van der Waals surface area contributed by atoms with Gasteiger partial charge in [-0.05, 0) is 49.1 Å². The number of pyridine rings is 1. The number of carbonyl (C=O) groups is 1. The topological polar surface area (TPSA) is 58.1 Å². The molecule has 1 aliphatic rings. The minimum absolute atomic E-state index is 0.123. The van der Waals surface area contributed by atoms with Gasteiger partial charge in [-0.3, -0.25) is 9.78 Å². The third-order valence-electron chi connectivity index (χ3n) is 4.73. The molecule has 1 saturated heterocycles. The van der Waals surface area contributed by atoms with Crippen LogP contribution < -0.4 is 10.2 Å². The summed E-state index contributed by atoms with van der Waals surface area (Å²) in [4.78, 5) is 23.4. The van der Waals surface area contributed by atoms with E-state index < -0.39 is 0 Å². The number of anilines is 1. The summed E-state index contributed by atoms with van der Waals surface area (Å²) in [5.74, 6) is 0.123. The summed E-state index contributed by atoms with van der Waals surface area (Å²) in [6, 6.07) is 12.3. The van der Waals surface area contributed by atoms with Gasteiger partial charge in [0.2, 0.25) is 5.91 Å². The van der Waals surface area contributed by atoms with Crippen LogP contribution in [0.15, 0.2) is 48.8 Å². The van der Waals surface area contributed by atoms with Gasteiger partial charge >= 0.3 is 0 Å². The fourth-order valence-corrected chi connectivity index (χ4v) is 4.37. The normalized spacial score (nSPS) is 17.4. The van der Waals surface area contributed by atoms with Crippen LogP contribution in [-0.2, 0) is 11.2 Å². The van der Waals surface area contributed by atoms with Crippen molar-refractivity contribution in [3.05, 3.63) is 54.4 Å². The number of piperidine rings is 1. The molecule has 0 saturated carbocycles. The predicted molar refractivity (Wildman–Crippen MR) is 106 cm³/mol. The number of hydrogen-bond acceptors (Lipinski definition) is 5. The molecule has 0 aliphatic carbocycles. The second kappa shape index (κ2) is 7.83. The lowest BCUT2D eigenvalue weighted by molar-refractivity contribution is -0.121. The molecule has 1 amide bonds. The SMILES string of the molecule is O=C(CCc1ccncc1)N[C@H]1CCCN(c2nc3ccccc3s2)C1. The predicted octanol–water partition coefficient (Wildman–Crippen LogP) is 3.41. The highest BCUT2D eigenvalue weighted by molar-refractivity contribution is 7.22. The lowest BCUT2D eigenvalue weighted by Gasteiger charge is -2.33. The van der Waals surface area contributed by atoms with Crippen molar-refractivity contribution in [2.24, 2.45) is 0 Å². The van der Waals surface area contributed by atoms with Crippen LogP contribution in [0.3, 0.4) is 0 Å². The van der Waals surface area contributed by atoms with E-state index in [1.54, 1.807) is 23.7 Å². The van der Waals surface area contributed by atoms with Gasteiger partial charge in [-0.1, -0.05) is 23.5 Å². The molecule has 26 heavy (non-hydrogen) atoms. The van der Waals surface area contributed by atoms with Crippen LogP contribution in [0.25, 0.3) is 10.2 Å². The van der Waals surface area contributed by atoms with Crippen molar-refractivity contribution in [1.29, 1.82) is 0 Å². The van der Waals surface area contributed by atoms with E-state index >= 15 is 0 Å². The molecule has 0 radical (unpaired) electrons. The summed E-state index contributed by atoms with van der Waals surface area (Å²) in [5.41, 5.74) is 2.20. The third-order valence-corrected chi connectivity index (χ3v) is 5.83. The number of nitrogens with one attached hydrogen (secondary N) is 1. The fourth-order valence-electron chi connectivity index (χ4n) is 3.37. The summed E-state index contributed by atoms with van der Waals surface area (Å²) < 4.78 is 1.21. The summed E-state index contributed by atoms with van der Waals surface area (Å²) in [5, 5.41) is 4.26. The maximum absolute atomic E-state index is 12.3. The van der Waals surface area contributed by atoms with Gasteiger partial charge in [0, 0.05) is 37.9 Å². The zero-order valence-corrected chi connectivity index (χ0v) is 15.4. The van der Waals surface area contributed by atoms with Crippen molar-refractivity contribution in [1.82, 2.24) is 15.3 Å². The van der Waals surface area contributed by atoms with Gasteiger partial charge < -0.3 is 10.2 Å². The lowest BCUT2D eigenvalue weighted by Crippen LogP contribution is -2.47. The van der Waals surface area contributed by atoms with Gasteiger partial charge in [0.1, 0.15) is 0 Å². The number of carbonyl (C=O) groups excluding carboxylic acids is 1. The standard InChI is InChI=1S/C20H22N4OS/c25-19(8-7-15-9-11-21-12-10-15)22-16-4-3-13-24(14-16)20-23-17-5-1-2-6-18(17)26-20/h1-2,5-6,9-12,16H,3-4,7-8,13-14H2,(H,22,25)/t16-/m0/s1. The Morgan fingerprint density at radius 2 is 2.08 bits per heavy atom. The van der Waals surface area contributed by atoms with E-state index in [0.717, 1.165) is 48.6 Å². The first kappa shape index (κ1) is 17.0. The summed E-state index contributed by atoms with van der Waals surface area (Å²) in [6.07, 6.45) is 6.91. The van der Waals surface area contributed by atoms with E-state index in [-0.39, 0.29) is 11.9 Å². The number of hydrogen-bond donors (Lipinski definition) is 1. The molecule has 3 heterocycles. The number of para-hydroxylation sites is 1. The molecule has 1 fully saturated rings. The second-order valence-corrected chi connectivity index (χ2v) is 7.68. The Labute approximate surface area is 157 Å². The maximum atomic E-state index is 12.3. The summed E-state index contributed by atoms with van der Waals surface area (Å²) in [6.45, 7) is 1.84. The third kappa shape index (κ3) is 4.02. The minimum atomic E-state index is 0.123. The number of amides is 1. The van der Waals surface area contributed by atoms with E-state index in [1.807, 2.05) is 24.3 Å². The summed E-state index contributed by atoms with van der Waals surface area (Å²) in [7, 11) is 0. The highest BCUT2D eigenvalue weighted by Crippen LogP contribution is 2.30. The quantitative estimate of drug-likeness (QED) is 0.752. The first-order chi connectivity index (χ1) is 12.8. The van der Waals surface area contributed by atoms with E-state index in [4.69, 9.17) is 4.98 Å². The molecule has 4 rings (SSSR count). The number of thiazole rings is 1. The van der Waals surface area contributed by atoms with Gasteiger partial charge in [-0.2, -0.15) is 0 Å². The van der Waals surface area contributed by atoms with Crippen LogP contribution in [0.4, 0.5) is 5.13 Å². The maximum Gasteiger partial charge on any atom is 0.220 e. The highest BCUT2D eigenvalue weighted by Gasteiger charge is 2.23. The number of nitrogens with zero attached hydrogens (tertiary/aromatic N) is 3. The molecule has 1 aromatic carbocycles. The van der Waals surface area contributed by atoms with E-state index in [0.29, 0.717) is 6.42 Å². The Morgan fingerprint density at radius 3 is 2.92 bits per heavy atom. The molecule has 134 valence electrons. The Morgan fingerprint density at radius 1 is 1.23 bits per heavy atom. The van der Waals surface area contributed by atoms with E-state index in [9.17, 15) is 4.79 Å². The molecule has 1 N–H and O–H groups in total. The smallest absolute Gasteiger partial charge is 0.220 e. The molecule has 6 heteroatoms. The van der Waals surface area contributed by atoms with Crippen molar-refractivity contribution in [3.63, 3.8) is 0 Å². The second-order valence-electron chi connectivity index (χ2n) is 6.67. The molecule has 2 aromatic heterocycles. The fraction of sp³-hybridized carbons (Fsp3) is 0.350. The number of rotatable bonds is 5. The van der Waals surface area contributed by atoms with Crippen LogP contribution in [0.1, 0.15) is 24.8 Å². The zero-order valence-electron chi connectivity index (χ0n) is 14.6. The van der Waals surface area contributed by atoms with Gasteiger partial charge in [0.25, 0.3) is 0 Å². The van der Waals surface area contributed by atoms with Crippen molar-refractivity contribution in [2.75, 3.05) is 18.0 Å². The van der Waals surface area contributed by atoms with Gasteiger partial charge in [0.15, 0.2) is 5.13 Å². The van der Waals surface area contributed by atoms with E-state index in [1.165, 1.54) is 4.70 Å². The van der Waals surface area contributed by atoms with Crippen LogP contribution in [-0.4, -0.2) is 35.0 Å². The van der Waals surface area contributed by atoms with Crippen LogP contribution in [0, 0.1) is 0 Å². The molecule has 3 aromatic rings. The van der Waals surface area contributed by atoms with Crippen molar-refractivity contribution in [2.45, 2.75) is 31.7 Å². The minimum Gasteiger partial charge on any atom is -0.352 e. The molecule has 0 unspecified atom stereocenters. The van der Waals surface area contributed by atoms with Crippen LogP contribution >= 0.6 is 11.3 Å². The number of aryl methyl sites for hydroxylation is 1. The summed E-state index contributed by atoms with van der Waals surface area (Å²) >= 11 is 1.73. The zero-order chi connectivity index (χ0) is 17.8. The number of fused-ring (bicyclic) bond motifs is 1. The molecule has 0 bridgehead atoms. The Balaban J connectivity index is 1.33. The van der Waals surface area contributed by atoms with Gasteiger partial charge in [0.05, 0.1) is 10.2 Å². The average molecular weight is 366 g/mol. The molecule has 5 nitrogen and oxygen atoms in total. The Hall–Kier alpha value is -2.47. The van der Waals surface area contributed by atoms with Crippen molar-refractivity contribution in [3.8, 4) is 0 Å². The monoisotopic (exact) mass is 366 g/mol. The molecular formula is C20H22N4OS. The molecule has 1 aliphatic heterocycles. The van der Waals surface area contributed by atoms with E-state index in [2.05, 4.69) is 27.3 Å². The van der Waals surface area contributed by atoms with Gasteiger partial charge in [-0.15, -0.1) is 0 Å². The molecule has 0 spiro atoms. The van der Waals surface area contributed by atoms with Crippen molar-refractivity contribution < 1.29 is 4.79 Å². The van der Waals surface area contributed by atoms with Crippen LogP contribution in [0.2, 0.25) is 0 Å². The first-order valence-corrected chi connectivity index (χ1v) is 9.88. The van der Waals surface area contributed by atoms with Crippen molar-refractivity contribution >= 4 is 32.6 Å². The average Bonchev–Trinajstić information content (AvgIpc) is 3.12. The Bertz CT molecular complexity index is 847. The number of benzene rings is 1. The van der Waals surface area contributed by atoms with Crippen LogP contribution in [0.5, 0.6) is 0 Å². The first-order valence-electron chi connectivity index (χ1n) is 9.07. The largest absolute Gasteiger partial charge is 0.352 e. The Kier molecular flexibility index (Phi) is 5.11. The molecular weight excluding hydrogens is 344 g/mol. The number of aromatic nitrogens is 2. The van der Waals surface area contributed by atoms with Gasteiger partial charge in [-0.25, -0.2) is 4.98 Å².